The zero-order valence-electron chi connectivity index (χ0n) is 21.5. The number of amides is 2. The van der Waals surface area contributed by atoms with E-state index in [1.807, 2.05) is 29.2 Å². The lowest BCUT2D eigenvalue weighted by molar-refractivity contribution is -0.126. The summed E-state index contributed by atoms with van der Waals surface area (Å²) in [4.78, 5) is 40.5. The number of piperazine rings is 1. The lowest BCUT2D eigenvalue weighted by Gasteiger charge is -2.35. The highest BCUT2D eigenvalue weighted by atomic mass is 16.5. The standard InChI is InChI=1S/C28H32N6O4/c1-3-26(36)34-13-11-33(12-14-34)25-17-24(30-28(31-25)38-18-20-8-6-10-32(20)2)27(37)29-23-16-21(35)15-19-7-4-5-9-22(19)23/h3-5,7,9,15-17,20,35H,1,6,8,10-14,18H2,2H3,(H,29,37)/t20-/m0/s1. The third kappa shape index (κ3) is 5.55. The van der Waals surface area contributed by atoms with Crippen molar-refractivity contribution in [2.24, 2.45) is 0 Å². The first kappa shape index (κ1) is 25.5. The molecular weight excluding hydrogens is 484 g/mol. The number of likely N-dealkylation sites (N-methyl/N-ethyl adjacent to an activating group) is 1. The Bertz CT molecular complexity index is 1350. The summed E-state index contributed by atoms with van der Waals surface area (Å²) in [5.41, 5.74) is 0.638. The minimum atomic E-state index is -0.437. The molecule has 2 fully saturated rings. The molecule has 38 heavy (non-hydrogen) atoms. The fraction of sp³-hybridized carbons (Fsp3) is 0.357. The molecule has 0 spiro atoms. The van der Waals surface area contributed by atoms with E-state index in [0.717, 1.165) is 30.2 Å². The van der Waals surface area contributed by atoms with Crippen molar-refractivity contribution < 1.29 is 19.4 Å². The molecule has 3 heterocycles. The van der Waals surface area contributed by atoms with Crippen LogP contribution in [0, 0.1) is 0 Å². The number of aromatic nitrogens is 2. The summed E-state index contributed by atoms with van der Waals surface area (Å²) in [7, 11) is 2.07. The molecule has 0 radical (unpaired) electrons. The smallest absolute Gasteiger partial charge is 0.319 e. The van der Waals surface area contributed by atoms with Gasteiger partial charge in [-0.3, -0.25) is 9.59 Å². The van der Waals surface area contributed by atoms with Gasteiger partial charge in [-0.2, -0.15) is 9.97 Å². The van der Waals surface area contributed by atoms with Gasteiger partial charge in [-0.25, -0.2) is 0 Å². The summed E-state index contributed by atoms with van der Waals surface area (Å²) in [5.74, 6) is 0.0774. The van der Waals surface area contributed by atoms with Gasteiger partial charge in [-0.05, 0) is 44.0 Å². The van der Waals surface area contributed by atoms with Gasteiger partial charge < -0.3 is 29.9 Å². The Labute approximate surface area is 221 Å². The molecule has 0 aliphatic carbocycles. The van der Waals surface area contributed by atoms with Crippen molar-refractivity contribution in [2.75, 3.05) is 56.6 Å². The highest BCUT2D eigenvalue weighted by Gasteiger charge is 2.25. The van der Waals surface area contributed by atoms with Gasteiger partial charge in [0.2, 0.25) is 5.91 Å². The zero-order chi connectivity index (χ0) is 26.6. The molecule has 0 saturated carbocycles. The predicted molar refractivity (Wildman–Crippen MR) is 146 cm³/mol. The van der Waals surface area contributed by atoms with E-state index in [2.05, 4.69) is 33.8 Å². The molecule has 2 saturated heterocycles. The molecule has 0 bridgehead atoms. The van der Waals surface area contributed by atoms with Crippen molar-refractivity contribution in [3.63, 3.8) is 0 Å². The van der Waals surface area contributed by atoms with Gasteiger partial charge >= 0.3 is 6.01 Å². The van der Waals surface area contributed by atoms with Crippen LogP contribution in [-0.2, 0) is 4.79 Å². The fourth-order valence-corrected chi connectivity index (χ4v) is 4.99. The van der Waals surface area contributed by atoms with Crippen LogP contribution in [-0.4, -0.2) is 89.1 Å². The number of carbonyl (C=O) groups is 2. The van der Waals surface area contributed by atoms with Gasteiger partial charge in [0, 0.05) is 49.7 Å². The van der Waals surface area contributed by atoms with Gasteiger partial charge in [-0.1, -0.05) is 30.8 Å². The first-order chi connectivity index (χ1) is 18.4. The second kappa shape index (κ2) is 11.1. The Morgan fingerprint density at radius 3 is 2.66 bits per heavy atom. The second-order valence-electron chi connectivity index (χ2n) is 9.67. The van der Waals surface area contributed by atoms with Crippen LogP contribution in [0.2, 0.25) is 0 Å². The van der Waals surface area contributed by atoms with Crippen molar-refractivity contribution in [3.8, 4) is 11.8 Å². The van der Waals surface area contributed by atoms with E-state index in [9.17, 15) is 14.7 Å². The highest BCUT2D eigenvalue weighted by Crippen LogP contribution is 2.29. The number of benzene rings is 2. The van der Waals surface area contributed by atoms with E-state index >= 15 is 0 Å². The topological polar surface area (TPSA) is 111 Å². The number of hydrogen-bond donors (Lipinski definition) is 2. The molecular formula is C28H32N6O4. The van der Waals surface area contributed by atoms with Crippen LogP contribution in [0.3, 0.4) is 0 Å². The summed E-state index contributed by atoms with van der Waals surface area (Å²) < 4.78 is 6.01. The highest BCUT2D eigenvalue weighted by molar-refractivity contribution is 6.09. The molecule has 1 atom stereocenters. The Hall–Kier alpha value is -4.18. The Kier molecular flexibility index (Phi) is 7.41. The summed E-state index contributed by atoms with van der Waals surface area (Å²) in [6.45, 7) is 7.18. The number of anilines is 2. The minimum Gasteiger partial charge on any atom is -0.508 e. The SMILES string of the molecule is C=CC(=O)N1CCN(c2cc(C(=O)Nc3cc(O)cc4ccccc34)nc(OC[C@@H]3CCCN3C)n2)CC1. The molecule has 2 aliphatic heterocycles. The number of aromatic hydroxyl groups is 1. The summed E-state index contributed by atoms with van der Waals surface area (Å²) in [5, 5.41) is 14.7. The summed E-state index contributed by atoms with van der Waals surface area (Å²) in [6, 6.07) is 12.7. The number of carbonyl (C=O) groups excluding carboxylic acids is 2. The van der Waals surface area contributed by atoms with Crippen molar-refractivity contribution >= 4 is 34.1 Å². The van der Waals surface area contributed by atoms with Crippen LogP contribution in [0.5, 0.6) is 11.8 Å². The summed E-state index contributed by atoms with van der Waals surface area (Å²) in [6.07, 6.45) is 3.47. The third-order valence-corrected chi connectivity index (χ3v) is 7.19. The molecule has 2 N–H and O–H groups in total. The molecule has 2 aliphatic rings. The number of ether oxygens (including phenoxy) is 1. The Morgan fingerprint density at radius 1 is 1.13 bits per heavy atom. The van der Waals surface area contributed by atoms with Crippen molar-refractivity contribution in [3.05, 3.63) is 60.8 Å². The number of likely N-dealkylation sites (tertiary alicyclic amines) is 1. The van der Waals surface area contributed by atoms with Crippen LogP contribution in [0.15, 0.2) is 55.1 Å². The normalized spacial score (nSPS) is 18.0. The lowest BCUT2D eigenvalue weighted by Crippen LogP contribution is -2.48. The van der Waals surface area contributed by atoms with Gasteiger partial charge in [0.15, 0.2) is 0 Å². The third-order valence-electron chi connectivity index (χ3n) is 7.19. The lowest BCUT2D eigenvalue weighted by atomic mass is 10.1. The monoisotopic (exact) mass is 516 g/mol. The molecule has 5 rings (SSSR count). The number of fused-ring (bicyclic) bond motifs is 1. The average Bonchev–Trinajstić information content (AvgIpc) is 3.35. The molecule has 3 aromatic rings. The van der Waals surface area contributed by atoms with E-state index in [4.69, 9.17) is 4.74 Å². The van der Waals surface area contributed by atoms with Crippen LogP contribution in [0.25, 0.3) is 10.8 Å². The first-order valence-electron chi connectivity index (χ1n) is 12.8. The van der Waals surface area contributed by atoms with Crippen LogP contribution in [0.4, 0.5) is 11.5 Å². The van der Waals surface area contributed by atoms with Crippen molar-refractivity contribution in [1.82, 2.24) is 19.8 Å². The first-order valence-corrected chi connectivity index (χ1v) is 12.8. The molecule has 10 heteroatoms. The summed E-state index contributed by atoms with van der Waals surface area (Å²) >= 11 is 0. The van der Waals surface area contributed by atoms with Crippen LogP contribution >= 0.6 is 0 Å². The van der Waals surface area contributed by atoms with Crippen molar-refractivity contribution in [2.45, 2.75) is 18.9 Å². The Morgan fingerprint density at radius 2 is 1.92 bits per heavy atom. The van der Waals surface area contributed by atoms with E-state index in [-0.39, 0.29) is 29.4 Å². The maximum Gasteiger partial charge on any atom is 0.319 e. The second-order valence-corrected chi connectivity index (χ2v) is 9.67. The molecule has 198 valence electrons. The molecule has 2 aromatic carbocycles. The number of nitrogens with zero attached hydrogens (tertiary/aromatic N) is 5. The molecule has 1 aromatic heterocycles. The van der Waals surface area contributed by atoms with E-state index in [1.165, 1.54) is 12.1 Å². The largest absolute Gasteiger partial charge is 0.508 e. The van der Waals surface area contributed by atoms with E-state index < -0.39 is 5.91 Å². The number of phenolic OH excluding ortho intramolecular Hbond substituents is 1. The molecule has 2 amide bonds. The maximum atomic E-state index is 13.4. The number of rotatable bonds is 7. The quantitative estimate of drug-likeness (QED) is 0.461. The number of nitrogens with one attached hydrogen (secondary N) is 1. The van der Waals surface area contributed by atoms with Crippen LogP contribution in [0.1, 0.15) is 23.3 Å². The predicted octanol–water partition coefficient (Wildman–Crippen LogP) is 2.90. The molecule has 0 unspecified atom stereocenters. The van der Waals surface area contributed by atoms with Gasteiger partial charge in [-0.15, -0.1) is 0 Å². The van der Waals surface area contributed by atoms with E-state index in [0.29, 0.717) is 44.3 Å². The fourth-order valence-electron chi connectivity index (χ4n) is 4.99. The minimum absolute atomic E-state index is 0.0547. The number of phenols is 1. The van der Waals surface area contributed by atoms with Crippen molar-refractivity contribution in [1.29, 1.82) is 0 Å². The Balaban J connectivity index is 1.41. The zero-order valence-corrected chi connectivity index (χ0v) is 21.5. The van der Waals surface area contributed by atoms with E-state index in [1.54, 1.807) is 17.0 Å². The van der Waals surface area contributed by atoms with Gasteiger partial charge in [0.25, 0.3) is 5.91 Å². The number of hydrogen-bond acceptors (Lipinski definition) is 8. The van der Waals surface area contributed by atoms with Gasteiger partial charge in [0.1, 0.15) is 23.9 Å². The molecule has 10 nitrogen and oxygen atoms in total. The van der Waals surface area contributed by atoms with Gasteiger partial charge in [0.05, 0.1) is 5.69 Å². The average molecular weight is 517 g/mol. The maximum absolute atomic E-state index is 13.4. The van der Waals surface area contributed by atoms with Crippen LogP contribution < -0.4 is 15.0 Å².